The number of hydrogen-bond acceptors (Lipinski definition) is 3. The van der Waals surface area contributed by atoms with E-state index in [1.807, 2.05) is 13.0 Å². The monoisotopic (exact) mass is 270 g/mol. The second-order valence-corrected chi connectivity index (χ2v) is 4.98. The highest BCUT2D eigenvalue weighted by molar-refractivity contribution is 5.77. The third-order valence-electron chi connectivity index (χ3n) is 3.58. The maximum atomic E-state index is 12.5. The van der Waals surface area contributed by atoms with E-state index in [9.17, 15) is 13.2 Å². The molecule has 6 heteroatoms. The summed E-state index contributed by atoms with van der Waals surface area (Å²) in [6.45, 7) is 1.23. The molecule has 2 heterocycles. The van der Waals surface area contributed by atoms with Crippen LogP contribution in [0.5, 0.6) is 0 Å². The van der Waals surface area contributed by atoms with Crippen LogP contribution in [0.4, 0.5) is 13.2 Å². The number of aromatic nitrogens is 1. The zero-order valence-corrected chi connectivity index (χ0v) is 10.4. The molecule has 3 nitrogen and oxygen atoms in total. The van der Waals surface area contributed by atoms with Crippen LogP contribution in [-0.4, -0.2) is 28.6 Å². The van der Waals surface area contributed by atoms with Gasteiger partial charge in [-0.2, -0.15) is 13.2 Å². The number of nitrogens with zero attached hydrogens (tertiary/aromatic N) is 2. The third kappa shape index (κ3) is 2.32. The van der Waals surface area contributed by atoms with Crippen molar-refractivity contribution in [3.8, 4) is 0 Å². The Bertz CT molecular complexity index is 605. The van der Waals surface area contributed by atoms with Gasteiger partial charge in [-0.25, -0.2) is 4.98 Å². The summed E-state index contributed by atoms with van der Waals surface area (Å²) in [6.07, 6.45) is -2.24. The van der Waals surface area contributed by atoms with Crippen LogP contribution in [0, 0.1) is 0 Å². The predicted molar refractivity (Wildman–Crippen MR) is 63.6 cm³/mol. The van der Waals surface area contributed by atoms with Crippen LogP contribution < -0.4 is 0 Å². The first-order valence-electron chi connectivity index (χ1n) is 6.09. The lowest BCUT2D eigenvalue weighted by Crippen LogP contribution is -2.43. The highest BCUT2D eigenvalue weighted by atomic mass is 19.4. The zero-order chi connectivity index (χ0) is 13.6. The second kappa shape index (κ2) is 4.23. The predicted octanol–water partition coefficient (Wildman–Crippen LogP) is 3.14. The fourth-order valence-electron chi connectivity index (χ4n) is 2.64. The second-order valence-electron chi connectivity index (χ2n) is 4.98. The standard InChI is InChI=1S/C13H13F3N2O/c1-8-4-10-9(5-18(8)6-13(14,15)16)2-3-11-12(10)19-7-17-11/h2-3,7-8H,4-6H2,1H3. The number of rotatable bonds is 1. The summed E-state index contributed by atoms with van der Waals surface area (Å²) in [7, 11) is 0. The number of halogens is 3. The molecule has 1 unspecified atom stereocenters. The lowest BCUT2D eigenvalue weighted by Gasteiger charge is -2.35. The molecule has 0 saturated carbocycles. The Morgan fingerprint density at radius 2 is 2.21 bits per heavy atom. The van der Waals surface area contributed by atoms with Crippen LogP contribution in [0.1, 0.15) is 18.1 Å². The smallest absolute Gasteiger partial charge is 0.401 e. The maximum absolute atomic E-state index is 12.5. The third-order valence-corrected chi connectivity index (χ3v) is 3.58. The van der Waals surface area contributed by atoms with Gasteiger partial charge in [0, 0.05) is 18.2 Å². The molecule has 102 valence electrons. The summed E-state index contributed by atoms with van der Waals surface area (Å²) in [5, 5.41) is 0. The molecular weight excluding hydrogens is 257 g/mol. The Morgan fingerprint density at radius 3 is 2.95 bits per heavy atom. The first-order valence-corrected chi connectivity index (χ1v) is 6.09. The van der Waals surface area contributed by atoms with E-state index in [1.54, 1.807) is 6.07 Å². The van der Waals surface area contributed by atoms with Crippen molar-refractivity contribution < 1.29 is 17.6 Å². The molecule has 2 aromatic rings. The fourth-order valence-corrected chi connectivity index (χ4v) is 2.64. The van der Waals surface area contributed by atoms with E-state index in [4.69, 9.17) is 4.42 Å². The molecule has 0 amide bonds. The molecule has 1 atom stereocenters. The molecule has 3 rings (SSSR count). The van der Waals surface area contributed by atoms with Gasteiger partial charge >= 0.3 is 6.18 Å². The van der Waals surface area contributed by atoms with E-state index >= 15 is 0 Å². The molecule has 1 aliphatic rings. The van der Waals surface area contributed by atoms with Crippen LogP contribution in [0.3, 0.4) is 0 Å². The molecular formula is C13H13F3N2O. The molecule has 0 radical (unpaired) electrons. The van der Waals surface area contributed by atoms with Gasteiger partial charge in [0.2, 0.25) is 0 Å². The Balaban J connectivity index is 1.95. The van der Waals surface area contributed by atoms with Gasteiger partial charge in [-0.05, 0) is 25.0 Å². The lowest BCUT2D eigenvalue weighted by molar-refractivity contribution is -0.152. The van der Waals surface area contributed by atoms with Crippen LogP contribution in [0.2, 0.25) is 0 Å². The van der Waals surface area contributed by atoms with E-state index in [2.05, 4.69) is 4.98 Å². The highest BCUT2D eigenvalue weighted by Gasteiger charge is 2.35. The van der Waals surface area contributed by atoms with E-state index in [-0.39, 0.29) is 6.04 Å². The topological polar surface area (TPSA) is 29.3 Å². The number of oxazole rings is 1. The minimum atomic E-state index is -4.16. The summed E-state index contributed by atoms with van der Waals surface area (Å²) in [5.74, 6) is 0. The average molecular weight is 270 g/mol. The zero-order valence-electron chi connectivity index (χ0n) is 10.4. The molecule has 0 aliphatic carbocycles. The number of benzene rings is 1. The molecule has 1 aromatic heterocycles. The van der Waals surface area contributed by atoms with Crippen LogP contribution >= 0.6 is 0 Å². The van der Waals surface area contributed by atoms with Gasteiger partial charge in [0.05, 0.1) is 6.54 Å². The van der Waals surface area contributed by atoms with Crippen LogP contribution in [-0.2, 0) is 13.0 Å². The van der Waals surface area contributed by atoms with Gasteiger partial charge in [-0.1, -0.05) is 6.07 Å². The Labute approximate surface area is 108 Å². The van der Waals surface area contributed by atoms with Crippen molar-refractivity contribution in [2.24, 2.45) is 0 Å². The van der Waals surface area contributed by atoms with Gasteiger partial charge in [0.25, 0.3) is 0 Å². The summed E-state index contributed by atoms with van der Waals surface area (Å²) in [4.78, 5) is 5.52. The van der Waals surface area contributed by atoms with Crippen molar-refractivity contribution in [1.29, 1.82) is 0 Å². The molecule has 0 spiro atoms. The Morgan fingerprint density at radius 1 is 1.42 bits per heavy atom. The Hall–Kier alpha value is -1.56. The van der Waals surface area contributed by atoms with Crippen molar-refractivity contribution in [1.82, 2.24) is 9.88 Å². The summed E-state index contributed by atoms with van der Waals surface area (Å²) in [6, 6.07) is 3.47. The highest BCUT2D eigenvalue weighted by Crippen LogP contribution is 2.31. The lowest BCUT2D eigenvalue weighted by atomic mass is 9.94. The van der Waals surface area contributed by atoms with Crippen molar-refractivity contribution in [3.63, 3.8) is 0 Å². The first kappa shape index (κ1) is 12.5. The van der Waals surface area contributed by atoms with Gasteiger partial charge in [-0.3, -0.25) is 4.90 Å². The Kier molecular flexibility index (Phi) is 2.78. The van der Waals surface area contributed by atoms with Gasteiger partial charge in [-0.15, -0.1) is 0 Å². The molecule has 1 aromatic carbocycles. The molecule has 1 aliphatic heterocycles. The number of hydrogen-bond donors (Lipinski definition) is 0. The van der Waals surface area contributed by atoms with E-state index in [0.29, 0.717) is 18.5 Å². The minimum absolute atomic E-state index is 0.162. The van der Waals surface area contributed by atoms with E-state index < -0.39 is 12.7 Å². The maximum Gasteiger partial charge on any atom is 0.401 e. The molecule has 0 fully saturated rings. The van der Waals surface area contributed by atoms with Crippen molar-refractivity contribution in [3.05, 3.63) is 29.7 Å². The van der Waals surface area contributed by atoms with Gasteiger partial charge in [0.15, 0.2) is 12.0 Å². The number of fused-ring (bicyclic) bond motifs is 3. The molecule has 0 bridgehead atoms. The van der Waals surface area contributed by atoms with Crippen LogP contribution in [0.15, 0.2) is 22.9 Å². The van der Waals surface area contributed by atoms with E-state index in [0.717, 1.165) is 16.6 Å². The fraction of sp³-hybridized carbons (Fsp3) is 0.462. The summed E-state index contributed by atoms with van der Waals surface area (Å²) >= 11 is 0. The van der Waals surface area contributed by atoms with Crippen molar-refractivity contribution >= 4 is 11.1 Å². The SMILES string of the molecule is CC1Cc2c(ccc3ncoc23)CN1CC(F)(F)F. The normalized spacial score (nSPS) is 20.7. The quantitative estimate of drug-likeness (QED) is 0.797. The summed E-state index contributed by atoms with van der Waals surface area (Å²) in [5.41, 5.74) is 3.35. The minimum Gasteiger partial charge on any atom is -0.443 e. The molecule has 0 N–H and O–H groups in total. The number of alkyl halides is 3. The van der Waals surface area contributed by atoms with Crippen molar-refractivity contribution in [2.75, 3.05) is 6.54 Å². The molecule has 0 saturated heterocycles. The van der Waals surface area contributed by atoms with Crippen molar-refractivity contribution in [2.45, 2.75) is 32.1 Å². The summed E-state index contributed by atoms with van der Waals surface area (Å²) < 4.78 is 42.9. The average Bonchev–Trinajstić information content (AvgIpc) is 2.77. The van der Waals surface area contributed by atoms with E-state index in [1.165, 1.54) is 11.3 Å². The van der Waals surface area contributed by atoms with Gasteiger partial charge < -0.3 is 4.42 Å². The largest absolute Gasteiger partial charge is 0.443 e. The first-order chi connectivity index (χ1) is 8.94. The molecule has 19 heavy (non-hydrogen) atoms. The van der Waals surface area contributed by atoms with Gasteiger partial charge in [0.1, 0.15) is 5.52 Å². The van der Waals surface area contributed by atoms with Crippen LogP contribution in [0.25, 0.3) is 11.1 Å².